The number of benzene rings is 1. The minimum absolute atomic E-state index is 0.122. The number of hydrogen-bond acceptors (Lipinski definition) is 3. The van der Waals surface area contributed by atoms with E-state index in [1.807, 2.05) is 0 Å². The molecule has 3 aliphatic rings. The molecule has 1 atom stereocenters. The number of rotatable bonds is 3. The van der Waals surface area contributed by atoms with Crippen molar-refractivity contribution in [2.45, 2.75) is 82.5 Å². The lowest BCUT2D eigenvalue weighted by atomic mass is 9.83. The molecule has 1 heterocycles. The van der Waals surface area contributed by atoms with E-state index in [2.05, 4.69) is 12.2 Å². The lowest BCUT2D eigenvalue weighted by molar-refractivity contribution is -0.128. The topological polar surface area (TPSA) is 58.6 Å². The van der Waals surface area contributed by atoms with Crippen molar-refractivity contribution in [1.29, 1.82) is 0 Å². The van der Waals surface area contributed by atoms with Crippen molar-refractivity contribution >= 4 is 11.8 Å². The summed E-state index contributed by atoms with van der Waals surface area (Å²) in [4.78, 5) is 28.3. The highest BCUT2D eigenvalue weighted by molar-refractivity contribution is 5.98. The molecule has 29 heavy (non-hydrogen) atoms. The van der Waals surface area contributed by atoms with Crippen molar-refractivity contribution in [2.75, 3.05) is 6.61 Å². The second-order valence-electron chi connectivity index (χ2n) is 8.98. The molecule has 5 nitrogen and oxygen atoms in total. The van der Waals surface area contributed by atoms with Gasteiger partial charge in [0.15, 0.2) is 0 Å². The molecule has 158 valence electrons. The maximum atomic E-state index is 13.5. The van der Waals surface area contributed by atoms with Crippen molar-refractivity contribution in [3.8, 4) is 0 Å². The molecule has 2 saturated carbocycles. The fourth-order valence-corrected chi connectivity index (χ4v) is 5.06. The van der Waals surface area contributed by atoms with Crippen LogP contribution in [0.3, 0.4) is 0 Å². The summed E-state index contributed by atoms with van der Waals surface area (Å²) >= 11 is 0. The highest BCUT2D eigenvalue weighted by Crippen LogP contribution is 2.43. The van der Waals surface area contributed by atoms with Gasteiger partial charge in [0.2, 0.25) is 5.91 Å². The van der Waals surface area contributed by atoms with Crippen LogP contribution in [0.5, 0.6) is 0 Å². The van der Waals surface area contributed by atoms with E-state index in [-0.39, 0.29) is 30.3 Å². The number of carbonyl (C=O) groups excluding carboxylic acids is 2. The van der Waals surface area contributed by atoms with Gasteiger partial charge >= 0.3 is 0 Å². The SMILES string of the molecule is CC1CCC2(CC1)OC[C@H](C(=O)NC1CCCCC1)N2C(=O)c1ccc(F)cc1. The van der Waals surface area contributed by atoms with Crippen LogP contribution in [0.1, 0.15) is 75.1 Å². The van der Waals surface area contributed by atoms with Crippen LogP contribution in [0.2, 0.25) is 0 Å². The van der Waals surface area contributed by atoms with Crippen LogP contribution in [-0.4, -0.2) is 41.1 Å². The molecule has 2 aliphatic carbocycles. The maximum absolute atomic E-state index is 13.5. The first-order valence-corrected chi connectivity index (χ1v) is 11.0. The number of nitrogens with one attached hydrogen (secondary N) is 1. The quantitative estimate of drug-likeness (QED) is 0.831. The van der Waals surface area contributed by atoms with E-state index in [9.17, 15) is 14.0 Å². The zero-order valence-corrected chi connectivity index (χ0v) is 17.2. The summed E-state index contributed by atoms with van der Waals surface area (Å²) in [5.74, 6) is -0.169. The zero-order chi connectivity index (χ0) is 20.4. The van der Waals surface area contributed by atoms with Crippen molar-refractivity contribution in [3.05, 3.63) is 35.6 Å². The minimum atomic E-state index is -0.730. The normalized spacial score (nSPS) is 30.5. The molecule has 1 aromatic carbocycles. The molecule has 0 aromatic heterocycles. The number of halogens is 1. The molecular weight excluding hydrogens is 371 g/mol. The van der Waals surface area contributed by atoms with Crippen LogP contribution in [-0.2, 0) is 9.53 Å². The van der Waals surface area contributed by atoms with Gasteiger partial charge in [-0.3, -0.25) is 14.5 Å². The van der Waals surface area contributed by atoms with Gasteiger partial charge in [0, 0.05) is 11.6 Å². The molecule has 1 spiro atoms. The third-order valence-corrected chi connectivity index (χ3v) is 6.88. The second kappa shape index (κ2) is 8.42. The smallest absolute Gasteiger partial charge is 0.256 e. The van der Waals surface area contributed by atoms with E-state index >= 15 is 0 Å². The largest absolute Gasteiger partial charge is 0.353 e. The Morgan fingerprint density at radius 3 is 2.38 bits per heavy atom. The summed E-state index contributed by atoms with van der Waals surface area (Å²) in [6.07, 6.45) is 8.85. The molecule has 2 amide bonds. The molecular formula is C23H31FN2O3. The van der Waals surface area contributed by atoms with Crippen LogP contribution in [0.25, 0.3) is 0 Å². The summed E-state index contributed by atoms with van der Waals surface area (Å²) in [7, 11) is 0. The number of ether oxygens (including phenoxy) is 1. The maximum Gasteiger partial charge on any atom is 0.256 e. The van der Waals surface area contributed by atoms with Gasteiger partial charge in [-0.05, 0) is 68.7 Å². The highest BCUT2D eigenvalue weighted by Gasteiger charge is 2.53. The fraction of sp³-hybridized carbons (Fsp3) is 0.652. The van der Waals surface area contributed by atoms with Crippen molar-refractivity contribution in [2.24, 2.45) is 5.92 Å². The Hall–Kier alpha value is -1.95. The minimum Gasteiger partial charge on any atom is -0.353 e. The van der Waals surface area contributed by atoms with E-state index in [1.165, 1.54) is 30.7 Å². The average Bonchev–Trinajstić information content (AvgIpc) is 3.10. The summed E-state index contributed by atoms with van der Waals surface area (Å²) in [5, 5.41) is 3.16. The number of carbonyl (C=O) groups is 2. The Morgan fingerprint density at radius 2 is 1.72 bits per heavy atom. The third kappa shape index (κ3) is 4.18. The zero-order valence-electron chi connectivity index (χ0n) is 17.2. The van der Waals surface area contributed by atoms with Crippen molar-refractivity contribution < 1.29 is 18.7 Å². The molecule has 1 N–H and O–H groups in total. The fourth-order valence-electron chi connectivity index (χ4n) is 5.06. The predicted octanol–water partition coefficient (Wildman–Crippen LogP) is 4.02. The molecule has 0 bridgehead atoms. The summed E-state index contributed by atoms with van der Waals surface area (Å²) < 4.78 is 19.6. The van der Waals surface area contributed by atoms with Gasteiger partial charge in [-0.2, -0.15) is 0 Å². The van der Waals surface area contributed by atoms with Gasteiger partial charge in [0.1, 0.15) is 17.6 Å². The van der Waals surface area contributed by atoms with E-state index < -0.39 is 11.8 Å². The van der Waals surface area contributed by atoms with Crippen LogP contribution >= 0.6 is 0 Å². The number of nitrogens with zero attached hydrogens (tertiary/aromatic N) is 1. The monoisotopic (exact) mass is 402 g/mol. The molecule has 4 rings (SSSR count). The van der Waals surface area contributed by atoms with Crippen LogP contribution < -0.4 is 5.32 Å². The Bertz CT molecular complexity index is 737. The van der Waals surface area contributed by atoms with Crippen LogP contribution in [0, 0.1) is 11.7 Å². The average molecular weight is 403 g/mol. The first kappa shape index (κ1) is 20.3. The van der Waals surface area contributed by atoms with E-state index in [4.69, 9.17) is 4.74 Å². The summed E-state index contributed by atoms with van der Waals surface area (Å²) in [5.41, 5.74) is -0.336. The Morgan fingerprint density at radius 1 is 1.07 bits per heavy atom. The highest BCUT2D eigenvalue weighted by atomic mass is 19.1. The van der Waals surface area contributed by atoms with E-state index in [1.54, 1.807) is 4.90 Å². The molecule has 3 fully saturated rings. The first-order valence-electron chi connectivity index (χ1n) is 11.0. The van der Waals surface area contributed by atoms with E-state index in [0.717, 1.165) is 51.4 Å². The molecule has 0 radical (unpaired) electrons. The number of amides is 2. The van der Waals surface area contributed by atoms with Crippen LogP contribution in [0.4, 0.5) is 4.39 Å². The third-order valence-electron chi connectivity index (χ3n) is 6.88. The van der Waals surface area contributed by atoms with Gasteiger partial charge in [0.25, 0.3) is 5.91 Å². The van der Waals surface area contributed by atoms with Gasteiger partial charge in [-0.1, -0.05) is 26.2 Å². The lowest BCUT2D eigenvalue weighted by Crippen LogP contribution is -2.57. The van der Waals surface area contributed by atoms with Crippen molar-refractivity contribution in [1.82, 2.24) is 10.2 Å². The van der Waals surface area contributed by atoms with Gasteiger partial charge in [-0.15, -0.1) is 0 Å². The summed E-state index contributed by atoms with van der Waals surface area (Å²) in [6, 6.07) is 5.11. The molecule has 6 heteroatoms. The lowest BCUT2D eigenvalue weighted by Gasteiger charge is -2.43. The molecule has 0 unspecified atom stereocenters. The molecule has 1 aliphatic heterocycles. The van der Waals surface area contributed by atoms with E-state index in [0.29, 0.717) is 11.5 Å². The Kier molecular flexibility index (Phi) is 5.91. The Balaban J connectivity index is 1.58. The van der Waals surface area contributed by atoms with Crippen LogP contribution in [0.15, 0.2) is 24.3 Å². The van der Waals surface area contributed by atoms with Crippen molar-refractivity contribution in [3.63, 3.8) is 0 Å². The molecule has 1 saturated heterocycles. The predicted molar refractivity (Wildman–Crippen MR) is 108 cm³/mol. The standard InChI is InChI=1S/C23H31FN2O3/c1-16-11-13-23(14-12-16)26(22(28)17-7-9-18(24)10-8-17)20(15-29-23)21(27)25-19-5-3-2-4-6-19/h7-10,16,19-20H,2-6,11-15H2,1H3,(H,25,27)/t16?,20-,23?/m1/s1. The molecule has 1 aromatic rings. The van der Waals surface area contributed by atoms with Gasteiger partial charge in [0.05, 0.1) is 6.61 Å². The number of hydrogen-bond donors (Lipinski definition) is 1. The van der Waals surface area contributed by atoms with Gasteiger partial charge < -0.3 is 10.1 Å². The first-order chi connectivity index (χ1) is 14.0. The Labute approximate surface area is 172 Å². The second-order valence-corrected chi connectivity index (χ2v) is 8.98. The van der Waals surface area contributed by atoms with Gasteiger partial charge in [-0.25, -0.2) is 4.39 Å². The summed E-state index contributed by atoms with van der Waals surface area (Å²) in [6.45, 7) is 2.43.